The number of benzene rings is 1. The number of rotatable bonds is 5. The van der Waals surface area contributed by atoms with Crippen LogP contribution in [0.2, 0.25) is 0 Å². The van der Waals surface area contributed by atoms with Gasteiger partial charge in [0.05, 0.1) is 5.69 Å². The number of ether oxygens (including phenoxy) is 1. The summed E-state index contributed by atoms with van der Waals surface area (Å²) in [6, 6.07) is 9.97. The van der Waals surface area contributed by atoms with Gasteiger partial charge in [-0.1, -0.05) is 12.1 Å². The van der Waals surface area contributed by atoms with Gasteiger partial charge >= 0.3 is 6.11 Å². The van der Waals surface area contributed by atoms with E-state index in [1.165, 1.54) is 12.1 Å². The highest BCUT2D eigenvalue weighted by Gasteiger charge is 2.23. The van der Waals surface area contributed by atoms with Crippen LogP contribution in [0.5, 0.6) is 5.75 Å². The highest BCUT2D eigenvalue weighted by molar-refractivity contribution is 5.94. The third kappa shape index (κ3) is 3.99. The number of hydrogen-bond acceptors (Lipinski definition) is 3. The highest BCUT2D eigenvalue weighted by atomic mass is 19.3. The lowest BCUT2D eigenvalue weighted by Crippen LogP contribution is -2.25. The Labute approximate surface area is 149 Å². The minimum Gasteiger partial charge on any atom is -0.433 e. The Morgan fingerprint density at radius 3 is 2.58 bits per heavy atom. The minimum absolute atomic E-state index is 0.0700. The van der Waals surface area contributed by atoms with Crippen molar-refractivity contribution in [2.45, 2.75) is 33.4 Å². The molecule has 0 atom stereocenters. The van der Waals surface area contributed by atoms with E-state index in [2.05, 4.69) is 15.0 Å². The van der Waals surface area contributed by atoms with Gasteiger partial charge in [0, 0.05) is 19.7 Å². The van der Waals surface area contributed by atoms with E-state index in [-0.39, 0.29) is 18.2 Å². The van der Waals surface area contributed by atoms with Crippen molar-refractivity contribution < 1.29 is 18.3 Å². The molecular formula is C19H19F2N3O2. The number of alkyl halides is 2. The molecule has 0 aliphatic rings. The first-order valence-electron chi connectivity index (χ1n) is 8.12. The van der Waals surface area contributed by atoms with Gasteiger partial charge < -0.3 is 10.1 Å². The first-order valence-corrected chi connectivity index (χ1v) is 8.12. The molecule has 2 heterocycles. The molecule has 26 heavy (non-hydrogen) atoms. The number of imidazole rings is 1. The molecule has 2 aromatic heterocycles. The molecule has 0 bridgehead atoms. The molecule has 0 spiro atoms. The fourth-order valence-corrected chi connectivity index (χ4v) is 2.69. The van der Waals surface area contributed by atoms with Crippen LogP contribution in [0, 0.1) is 13.8 Å². The summed E-state index contributed by atoms with van der Waals surface area (Å²) in [4.78, 5) is 17.0. The topological polar surface area (TPSA) is 55.6 Å². The number of halogens is 2. The number of amides is 1. The smallest absolute Gasteiger partial charge is 0.394 e. The summed E-state index contributed by atoms with van der Waals surface area (Å²) < 4.78 is 31.9. The first-order chi connectivity index (χ1) is 12.2. The maximum absolute atomic E-state index is 12.8. The number of nitrogens with zero attached hydrogens (tertiary/aromatic N) is 2. The SMILES string of the molecule is Cc1ccn2c(C(=O)NCc3ccc(OC(C)(F)F)cc3)c(C)nc2c1. The van der Waals surface area contributed by atoms with E-state index in [4.69, 9.17) is 0 Å². The molecule has 5 nitrogen and oxygen atoms in total. The minimum atomic E-state index is -3.23. The molecule has 0 aliphatic carbocycles. The van der Waals surface area contributed by atoms with Crippen LogP contribution in [0.4, 0.5) is 8.78 Å². The molecule has 1 aromatic carbocycles. The number of aromatic nitrogens is 2. The zero-order chi connectivity index (χ0) is 18.9. The third-order valence-electron chi connectivity index (χ3n) is 3.84. The van der Waals surface area contributed by atoms with Gasteiger partial charge in [-0.2, -0.15) is 8.78 Å². The summed E-state index contributed by atoms with van der Waals surface area (Å²) in [7, 11) is 0. The Balaban J connectivity index is 1.70. The maximum atomic E-state index is 12.8. The van der Waals surface area contributed by atoms with Crippen LogP contribution in [-0.4, -0.2) is 21.4 Å². The molecule has 0 unspecified atom stereocenters. The van der Waals surface area contributed by atoms with Gasteiger partial charge in [0.2, 0.25) is 0 Å². The largest absolute Gasteiger partial charge is 0.433 e. The second kappa shape index (κ2) is 6.74. The van der Waals surface area contributed by atoms with Crippen LogP contribution in [-0.2, 0) is 6.54 Å². The van der Waals surface area contributed by atoms with Crippen molar-refractivity contribution in [2.75, 3.05) is 0 Å². The number of aryl methyl sites for hydroxylation is 2. The Morgan fingerprint density at radius 2 is 1.92 bits per heavy atom. The van der Waals surface area contributed by atoms with Crippen molar-refractivity contribution >= 4 is 11.6 Å². The van der Waals surface area contributed by atoms with Crippen LogP contribution in [0.25, 0.3) is 5.65 Å². The average Bonchev–Trinajstić information content (AvgIpc) is 2.87. The number of carbonyl (C=O) groups is 1. The van der Waals surface area contributed by atoms with E-state index in [0.29, 0.717) is 18.3 Å². The molecule has 0 fully saturated rings. The van der Waals surface area contributed by atoms with Gasteiger partial charge in [-0.15, -0.1) is 0 Å². The van der Waals surface area contributed by atoms with Gasteiger partial charge in [-0.25, -0.2) is 4.98 Å². The normalized spacial score (nSPS) is 11.6. The number of nitrogens with one attached hydrogen (secondary N) is 1. The van der Waals surface area contributed by atoms with Crippen LogP contribution < -0.4 is 10.1 Å². The quantitative estimate of drug-likeness (QED) is 0.752. The second-order valence-corrected chi connectivity index (χ2v) is 6.21. The van der Waals surface area contributed by atoms with E-state index < -0.39 is 6.11 Å². The van der Waals surface area contributed by atoms with E-state index in [1.54, 1.807) is 23.5 Å². The molecule has 1 amide bonds. The van der Waals surface area contributed by atoms with E-state index in [9.17, 15) is 13.6 Å². The van der Waals surface area contributed by atoms with Crippen molar-refractivity contribution in [2.24, 2.45) is 0 Å². The molecule has 0 aliphatic heterocycles. The third-order valence-corrected chi connectivity index (χ3v) is 3.84. The molecule has 1 N–H and O–H groups in total. The first kappa shape index (κ1) is 17.8. The van der Waals surface area contributed by atoms with Crippen molar-refractivity contribution in [3.05, 3.63) is 65.1 Å². The van der Waals surface area contributed by atoms with Crippen molar-refractivity contribution in [1.29, 1.82) is 0 Å². The summed E-state index contributed by atoms with van der Waals surface area (Å²) in [5.41, 5.74) is 3.67. The highest BCUT2D eigenvalue weighted by Crippen LogP contribution is 2.21. The monoisotopic (exact) mass is 359 g/mol. The number of fused-ring (bicyclic) bond motifs is 1. The van der Waals surface area contributed by atoms with Crippen LogP contribution in [0.1, 0.15) is 34.2 Å². The lowest BCUT2D eigenvalue weighted by atomic mass is 10.2. The molecule has 3 rings (SSSR count). The van der Waals surface area contributed by atoms with E-state index in [1.807, 2.05) is 25.3 Å². The van der Waals surface area contributed by atoms with Gasteiger partial charge in [0.15, 0.2) is 0 Å². The van der Waals surface area contributed by atoms with Gasteiger partial charge in [-0.3, -0.25) is 9.20 Å². The second-order valence-electron chi connectivity index (χ2n) is 6.21. The summed E-state index contributed by atoms with van der Waals surface area (Å²) in [5.74, 6) is -0.181. The molecule has 0 saturated heterocycles. The molecule has 136 valence electrons. The zero-order valence-electron chi connectivity index (χ0n) is 14.7. The number of carbonyl (C=O) groups excluding carboxylic acids is 1. The lowest BCUT2D eigenvalue weighted by molar-refractivity contribution is -0.158. The van der Waals surface area contributed by atoms with Crippen LogP contribution in [0.3, 0.4) is 0 Å². The predicted molar refractivity (Wildman–Crippen MR) is 93.5 cm³/mol. The summed E-state index contributed by atoms with van der Waals surface area (Å²) in [6.07, 6.45) is -1.41. The van der Waals surface area contributed by atoms with Gasteiger partial charge in [-0.05, 0) is 49.2 Å². The van der Waals surface area contributed by atoms with Crippen molar-refractivity contribution in [3.63, 3.8) is 0 Å². The molecule has 0 saturated carbocycles. The standard InChI is InChI=1S/C19H19F2N3O2/c1-12-8-9-24-16(10-12)23-13(2)17(24)18(25)22-11-14-4-6-15(7-5-14)26-19(3,20)21/h4-10H,11H2,1-3H3,(H,22,25). The van der Waals surface area contributed by atoms with Crippen LogP contribution in [0.15, 0.2) is 42.6 Å². The van der Waals surface area contributed by atoms with E-state index in [0.717, 1.165) is 16.8 Å². The number of pyridine rings is 1. The fraction of sp³-hybridized carbons (Fsp3) is 0.263. The molecule has 7 heteroatoms. The van der Waals surface area contributed by atoms with E-state index >= 15 is 0 Å². The van der Waals surface area contributed by atoms with Gasteiger partial charge in [0.1, 0.15) is 17.1 Å². The Kier molecular flexibility index (Phi) is 4.63. The predicted octanol–water partition coefficient (Wildman–Crippen LogP) is 3.87. The molecular weight excluding hydrogens is 340 g/mol. The van der Waals surface area contributed by atoms with Gasteiger partial charge in [0.25, 0.3) is 5.91 Å². The Hall–Kier alpha value is -2.96. The Morgan fingerprint density at radius 1 is 1.23 bits per heavy atom. The summed E-state index contributed by atoms with van der Waals surface area (Å²) in [5, 5.41) is 2.83. The fourth-order valence-electron chi connectivity index (χ4n) is 2.69. The maximum Gasteiger partial charge on any atom is 0.394 e. The zero-order valence-corrected chi connectivity index (χ0v) is 14.7. The summed E-state index contributed by atoms with van der Waals surface area (Å²) in [6.45, 7) is 4.70. The molecule has 3 aromatic rings. The molecule has 0 radical (unpaired) electrons. The summed E-state index contributed by atoms with van der Waals surface area (Å²) >= 11 is 0. The Bertz CT molecular complexity index is 944. The van der Waals surface area contributed by atoms with Crippen LogP contribution >= 0.6 is 0 Å². The lowest BCUT2D eigenvalue weighted by Gasteiger charge is -2.13. The van der Waals surface area contributed by atoms with Crippen molar-refractivity contribution in [3.8, 4) is 5.75 Å². The van der Waals surface area contributed by atoms with Crippen molar-refractivity contribution in [1.82, 2.24) is 14.7 Å². The number of hydrogen-bond donors (Lipinski definition) is 1. The average molecular weight is 359 g/mol.